The van der Waals surface area contributed by atoms with Crippen LogP contribution in [0.1, 0.15) is 90.6 Å². The lowest BCUT2D eigenvalue weighted by molar-refractivity contribution is -0.0507. The average Bonchev–Trinajstić information content (AvgIpc) is 3.50. The number of nitrogens with one attached hydrogen (secondary N) is 1. The first kappa shape index (κ1) is 27.9. The monoisotopic (exact) mass is 662 g/mol. The van der Waals surface area contributed by atoms with Crippen molar-refractivity contribution in [2.45, 2.75) is 82.2 Å². The Morgan fingerprint density at radius 2 is 1.98 bits per heavy atom. The van der Waals surface area contributed by atoms with Crippen molar-refractivity contribution >= 4 is 23.2 Å². The fraction of sp³-hybridized carbons (Fsp3) is 0.412. The van der Waals surface area contributed by atoms with Crippen molar-refractivity contribution in [1.82, 2.24) is 29.7 Å². The van der Waals surface area contributed by atoms with E-state index >= 15 is 4.39 Å². The molecular weight excluding hydrogens is 627 g/mol. The van der Waals surface area contributed by atoms with E-state index in [9.17, 15) is 23.6 Å². The van der Waals surface area contributed by atoms with E-state index < -0.39 is 60.0 Å². The summed E-state index contributed by atoms with van der Waals surface area (Å²) in [5.74, 6) is -1.70. The number of rotatable bonds is 5. The van der Waals surface area contributed by atoms with Crippen LogP contribution in [0.3, 0.4) is 0 Å². The number of amides is 2. The molecule has 1 fully saturated rings. The summed E-state index contributed by atoms with van der Waals surface area (Å²) < 4.78 is 79.2. The quantitative estimate of drug-likeness (QED) is 0.267. The standard InChI is InChI=1S/C34H32F3N7O4/c1-32(2,3)48-31(46)42-33(4)14-34(15-33,16-38)26-19(35)11-17(13-39-26)20-9-10-21-27(40-20)44-22-12-23(28(44)41-21)43(5)29(45)18-7-6-8-24(25(18)22)47-30(36)37/h6-11,13,22-23,30H,12,14-15H2,1-5H3,(H,42,46)/t22-,23-,33?,34?/m1/s1/i5D3. The molecule has 1 N–H and O–H groups in total. The summed E-state index contributed by atoms with van der Waals surface area (Å²) in [5.41, 5.74) is -1.84. The second kappa shape index (κ2) is 10.7. The highest BCUT2D eigenvalue weighted by Crippen LogP contribution is 2.51. The highest BCUT2D eigenvalue weighted by molar-refractivity contribution is 5.97. The molecule has 2 amide bonds. The van der Waals surface area contributed by atoms with Crippen molar-refractivity contribution in [2.75, 3.05) is 6.98 Å². The maximum Gasteiger partial charge on any atom is 0.408 e. The smallest absolute Gasteiger partial charge is 0.408 e. The van der Waals surface area contributed by atoms with Gasteiger partial charge in [-0.1, -0.05) is 6.07 Å². The van der Waals surface area contributed by atoms with Gasteiger partial charge in [0, 0.05) is 45.9 Å². The molecule has 1 aromatic carbocycles. The van der Waals surface area contributed by atoms with E-state index in [0.29, 0.717) is 5.52 Å². The number of benzene rings is 1. The number of ether oxygens (including phenoxy) is 2. The van der Waals surface area contributed by atoms with E-state index in [1.807, 2.05) is 0 Å². The molecule has 2 atom stereocenters. The molecule has 4 aromatic rings. The van der Waals surface area contributed by atoms with Gasteiger partial charge in [0.05, 0.1) is 29.5 Å². The summed E-state index contributed by atoms with van der Waals surface area (Å²) in [4.78, 5) is 40.5. The topological polar surface area (TPSA) is 135 Å². The van der Waals surface area contributed by atoms with Crippen molar-refractivity contribution in [3.8, 4) is 23.1 Å². The van der Waals surface area contributed by atoms with Gasteiger partial charge in [0.25, 0.3) is 5.91 Å². The van der Waals surface area contributed by atoms with Gasteiger partial charge >= 0.3 is 12.7 Å². The summed E-state index contributed by atoms with van der Waals surface area (Å²) in [6.45, 7) is 0.822. The van der Waals surface area contributed by atoms with Gasteiger partial charge in [-0.15, -0.1) is 0 Å². The molecular formula is C34H32F3N7O4. The van der Waals surface area contributed by atoms with Crippen LogP contribution in [-0.4, -0.2) is 61.1 Å². The summed E-state index contributed by atoms with van der Waals surface area (Å²) in [6.07, 6.45) is 0.941. The molecule has 3 aromatic heterocycles. The Bertz CT molecular complexity index is 2160. The van der Waals surface area contributed by atoms with Gasteiger partial charge in [0.2, 0.25) is 0 Å². The number of nitriles is 1. The molecule has 5 heterocycles. The number of imidazole rings is 1. The Kier molecular flexibility index (Phi) is 6.19. The molecule has 48 heavy (non-hydrogen) atoms. The minimum absolute atomic E-state index is 0.00769. The second-order valence-electron chi connectivity index (χ2n) is 13.7. The highest BCUT2D eigenvalue weighted by Gasteiger charge is 2.56. The van der Waals surface area contributed by atoms with Crippen LogP contribution >= 0.6 is 0 Å². The third-order valence-electron chi connectivity index (χ3n) is 8.99. The number of nitrogens with zero attached hydrogens (tertiary/aromatic N) is 6. The molecule has 1 aliphatic carbocycles. The SMILES string of the molecule is [2H]C([2H])([2H])N1C(=O)c2cccc(OC(F)F)c2[C@H]2C[C@@H]1c1nc3ccc(-c4cnc(C5(C#N)CC(C)(NC(=O)OC(C)(C)C)C5)c(F)c4)nc3n12. The minimum atomic E-state index is -3.21. The molecule has 0 unspecified atom stereocenters. The lowest BCUT2D eigenvalue weighted by Crippen LogP contribution is -2.62. The van der Waals surface area contributed by atoms with Crippen LogP contribution < -0.4 is 10.1 Å². The number of carbonyl (C=O) groups excluding carboxylic acids is 2. The van der Waals surface area contributed by atoms with Gasteiger partial charge in [0.15, 0.2) is 5.65 Å². The number of pyridine rings is 2. The van der Waals surface area contributed by atoms with Crippen LogP contribution in [-0.2, 0) is 10.2 Å². The van der Waals surface area contributed by atoms with Crippen molar-refractivity contribution < 1.29 is 36.3 Å². The number of alkyl carbamates (subject to hydrolysis) is 1. The molecule has 0 saturated heterocycles. The largest absolute Gasteiger partial charge is 0.444 e. The van der Waals surface area contributed by atoms with Crippen LogP contribution in [0, 0.1) is 17.1 Å². The van der Waals surface area contributed by atoms with E-state index in [-0.39, 0.29) is 64.6 Å². The first-order valence-electron chi connectivity index (χ1n) is 16.7. The van der Waals surface area contributed by atoms with E-state index in [1.165, 1.54) is 30.5 Å². The van der Waals surface area contributed by atoms with Gasteiger partial charge in [0.1, 0.15) is 33.9 Å². The Hall–Kier alpha value is -5.19. The van der Waals surface area contributed by atoms with Gasteiger partial charge in [-0.25, -0.2) is 19.2 Å². The fourth-order valence-electron chi connectivity index (χ4n) is 7.28. The van der Waals surface area contributed by atoms with Gasteiger partial charge in [-0.2, -0.15) is 14.0 Å². The fourth-order valence-corrected chi connectivity index (χ4v) is 7.28. The number of hydrogen-bond donors (Lipinski definition) is 1. The molecule has 7 rings (SSSR count). The zero-order chi connectivity index (χ0) is 36.8. The van der Waals surface area contributed by atoms with E-state index in [1.54, 1.807) is 44.4 Å². The molecule has 0 radical (unpaired) electrons. The number of halogens is 3. The summed E-state index contributed by atoms with van der Waals surface area (Å²) >= 11 is 0. The van der Waals surface area contributed by atoms with Gasteiger partial charge in [-0.05, 0) is 70.9 Å². The number of carbonyl (C=O) groups is 2. The third-order valence-corrected chi connectivity index (χ3v) is 8.99. The van der Waals surface area contributed by atoms with Crippen LogP contribution in [0.2, 0.25) is 0 Å². The Balaban J connectivity index is 1.26. The molecule has 2 aliphatic heterocycles. The third kappa shape index (κ3) is 4.99. The van der Waals surface area contributed by atoms with Crippen LogP contribution in [0.4, 0.5) is 18.0 Å². The van der Waals surface area contributed by atoms with Crippen molar-refractivity contribution in [3.05, 3.63) is 71.1 Å². The van der Waals surface area contributed by atoms with Crippen molar-refractivity contribution in [2.24, 2.45) is 0 Å². The zero-order valence-corrected chi connectivity index (χ0v) is 26.3. The molecule has 3 aliphatic rings. The zero-order valence-electron chi connectivity index (χ0n) is 29.3. The molecule has 2 bridgehead atoms. The molecule has 1 saturated carbocycles. The first-order valence-corrected chi connectivity index (χ1v) is 15.2. The molecule has 0 spiro atoms. The maximum absolute atomic E-state index is 15.8. The van der Waals surface area contributed by atoms with Crippen LogP contribution in [0.5, 0.6) is 5.75 Å². The number of aromatic nitrogens is 4. The van der Waals surface area contributed by atoms with Gasteiger partial charge in [-0.3, -0.25) is 9.78 Å². The second-order valence-corrected chi connectivity index (χ2v) is 13.7. The van der Waals surface area contributed by atoms with Crippen molar-refractivity contribution in [3.63, 3.8) is 0 Å². The van der Waals surface area contributed by atoms with E-state index in [2.05, 4.69) is 21.4 Å². The van der Waals surface area contributed by atoms with Gasteiger partial charge < -0.3 is 24.3 Å². The lowest BCUT2D eigenvalue weighted by Gasteiger charge is -2.50. The molecule has 14 heteroatoms. The normalized spacial score (nSPS) is 25.6. The Morgan fingerprint density at radius 1 is 1.21 bits per heavy atom. The summed E-state index contributed by atoms with van der Waals surface area (Å²) in [6, 6.07) is 8.66. The number of alkyl halides is 2. The average molecular weight is 663 g/mol. The predicted molar refractivity (Wildman–Crippen MR) is 166 cm³/mol. The lowest BCUT2D eigenvalue weighted by atomic mass is 9.57. The van der Waals surface area contributed by atoms with Crippen LogP contribution in [0.15, 0.2) is 42.6 Å². The predicted octanol–water partition coefficient (Wildman–Crippen LogP) is 6.19. The Labute approximate surface area is 277 Å². The summed E-state index contributed by atoms with van der Waals surface area (Å²) in [7, 11) is 0. The summed E-state index contributed by atoms with van der Waals surface area (Å²) in [5, 5.41) is 12.9. The first-order chi connectivity index (χ1) is 23.8. The number of hydrogen-bond acceptors (Lipinski definition) is 8. The Morgan fingerprint density at radius 3 is 2.65 bits per heavy atom. The maximum atomic E-state index is 15.8. The van der Waals surface area contributed by atoms with Crippen molar-refractivity contribution in [1.29, 1.82) is 5.26 Å². The minimum Gasteiger partial charge on any atom is -0.444 e. The van der Waals surface area contributed by atoms with Crippen LogP contribution in [0.25, 0.3) is 22.4 Å². The molecule has 248 valence electrons. The van der Waals surface area contributed by atoms with E-state index in [4.69, 9.17) is 18.6 Å². The molecule has 11 nitrogen and oxygen atoms in total. The highest BCUT2D eigenvalue weighted by atomic mass is 19.3. The number of fused-ring (bicyclic) bond motifs is 9. The van der Waals surface area contributed by atoms with E-state index in [0.717, 1.165) is 4.90 Å².